The Morgan fingerprint density at radius 2 is 1.42 bits per heavy atom. The highest BCUT2D eigenvalue weighted by Gasteiger charge is 2.05. The van der Waals surface area contributed by atoms with Crippen molar-refractivity contribution in [3.8, 4) is 0 Å². The first-order valence-electron chi connectivity index (χ1n) is 8.09. The third kappa shape index (κ3) is 13.6. The van der Waals surface area contributed by atoms with Gasteiger partial charge in [0.15, 0.2) is 5.78 Å². The van der Waals surface area contributed by atoms with Crippen LogP contribution in [0, 0.1) is 17.8 Å². The molecular weight excluding hydrogens is 232 g/mol. The molecular formula is C18H34O. The summed E-state index contributed by atoms with van der Waals surface area (Å²) in [6.07, 6.45) is 12.9. The molecule has 0 saturated heterocycles. The monoisotopic (exact) mass is 266 g/mol. The van der Waals surface area contributed by atoms with Crippen LogP contribution in [0.2, 0.25) is 0 Å². The van der Waals surface area contributed by atoms with Gasteiger partial charge in [-0.15, -0.1) is 0 Å². The fraction of sp³-hybridized carbons (Fsp3) is 0.833. The molecule has 0 N–H and O–H groups in total. The van der Waals surface area contributed by atoms with Gasteiger partial charge in [-0.1, -0.05) is 72.3 Å². The smallest absolute Gasteiger partial charge is 0.152 e. The molecule has 19 heavy (non-hydrogen) atoms. The lowest BCUT2D eigenvalue weighted by atomic mass is 9.92. The Labute approximate surface area is 120 Å². The number of allylic oxidation sites excluding steroid dienone is 2. The number of hydrogen-bond acceptors (Lipinski definition) is 1. The Morgan fingerprint density at radius 3 is 1.95 bits per heavy atom. The highest BCUT2D eigenvalue weighted by Crippen LogP contribution is 2.20. The highest BCUT2D eigenvalue weighted by molar-refractivity contribution is 5.87. The summed E-state index contributed by atoms with van der Waals surface area (Å²) in [6, 6.07) is 0. The average Bonchev–Trinajstić information content (AvgIpc) is 2.27. The van der Waals surface area contributed by atoms with E-state index in [4.69, 9.17) is 0 Å². The van der Waals surface area contributed by atoms with Crippen molar-refractivity contribution in [2.75, 3.05) is 0 Å². The molecule has 0 radical (unpaired) electrons. The van der Waals surface area contributed by atoms with Gasteiger partial charge in [0, 0.05) is 0 Å². The molecule has 0 aromatic carbocycles. The largest absolute Gasteiger partial charge is 0.295 e. The normalized spacial score (nSPS) is 15.1. The molecule has 0 saturated carbocycles. The minimum atomic E-state index is 0.158. The van der Waals surface area contributed by atoms with E-state index < -0.39 is 0 Å². The molecule has 0 aliphatic heterocycles. The van der Waals surface area contributed by atoms with Crippen LogP contribution in [0.3, 0.4) is 0 Å². The summed E-state index contributed by atoms with van der Waals surface area (Å²) in [5.41, 5.74) is 0. The van der Waals surface area contributed by atoms with Crippen LogP contribution in [0.25, 0.3) is 0 Å². The van der Waals surface area contributed by atoms with E-state index in [1.54, 1.807) is 13.0 Å². The Kier molecular flexibility index (Phi) is 10.9. The van der Waals surface area contributed by atoms with Crippen LogP contribution >= 0.6 is 0 Å². The lowest BCUT2D eigenvalue weighted by molar-refractivity contribution is -0.112. The minimum absolute atomic E-state index is 0.158. The summed E-state index contributed by atoms with van der Waals surface area (Å²) in [7, 11) is 0. The van der Waals surface area contributed by atoms with Gasteiger partial charge in [0.2, 0.25) is 0 Å². The van der Waals surface area contributed by atoms with Gasteiger partial charge >= 0.3 is 0 Å². The summed E-state index contributed by atoms with van der Waals surface area (Å²) in [4.78, 5) is 10.8. The number of rotatable bonds is 11. The molecule has 0 amide bonds. The van der Waals surface area contributed by atoms with Gasteiger partial charge in [0.05, 0.1) is 0 Å². The van der Waals surface area contributed by atoms with E-state index in [-0.39, 0.29) is 5.78 Å². The lowest BCUT2D eigenvalue weighted by Gasteiger charge is -2.14. The number of carbonyl (C=O) groups is 1. The average molecular weight is 266 g/mol. The Hall–Kier alpha value is -0.590. The number of ketones is 1. The molecule has 1 nitrogen and oxygen atoms in total. The van der Waals surface area contributed by atoms with Crippen molar-refractivity contribution in [3.63, 3.8) is 0 Å². The van der Waals surface area contributed by atoms with E-state index in [2.05, 4.69) is 27.7 Å². The van der Waals surface area contributed by atoms with Crippen molar-refractivity contribution in [2.45, 2.75) is 79.6 Å². The fourth-order valence-corrected chi connectivity index (χ4v) is 2.42. The van der Waals surface area contributed by atoms with Gasteiger partial charge in [-0.2, -0.15) is 0 Å². The van der Waals surface area contributed by atoms with Gasteiger partial charge in [0.25, 0.3) is 0 Å². The van der Waals surface area contributed by atoms with Crippen molar-refractivity contribution in [1.29, 1.82) is 0 Å². The summed E-state index contributed by atoms with van der Waals surface area (Å²) >= 11 is 0. The van der Waals surface area contributed by atoms with Gasteiger partial charge in [0.1, 0.15) is 0 Å². The van der Waals surface area contributed by atoms with E-state index in [0.29, 0.717) is 5.92 Å². The van der Waals surface area contributed by atoms with Crippen LogP contribution in [-0.2, 0) is 4.79 Å². The second kappa shape index (κ2) is 11.3. The predicted molar refractivity (Wildman–Crippen MR) is 85.3 cm³/mol. The molecule has 0 fully saturated rings. The standard InChI is InChI=1S/C18H34O/c1-15(2)9-6-10-16(3)11-7-12-17(4)13-8-14-18(5)19/h8,14-17H,6-7,9-13H2,1-5H3/b14-8+. The molecule has 0 heterocycles. The number of carbonyl (C=O) groups excluding carboxylic acids is 1. The zero-order valence-electron chi connectivity index (χ0n) is 13.7. The van der Waals surface area contributed by atoms with E-state index in [0.717, 1.165) is 18.3 Å². The van der Waals surface area contributed by atoms with Gasteiger partial charge in [-0.3, -0.25) is 4.79 Å². The second-order valence-corrected chi connectivity index (χ2v) is 6.71. The van der Waals surface area contributed by atoms with Crippen molar-refractivity contribution < 1.29 is 4.79 Å². The lowest BCUT2D eigenvalue weighted by Crippen LogP contribution is -1.99. The van der Waals surface area contributed by atoms with Crippen LogP contribution in [0.15, 0.2) is 12.2 Å². The molecule has 0 spiro atoms. The summed E-state index contributed by atoms with van der Waals surface area (Å²) < 4.78 is 0. The second-order valence-electron chi connectivity index (χ2n) is 6.71. The molecule has 0 bridgehead atoms. The summed E-state index contributed by atoms with van der Waals surface area (Å²) in [5.74, 6) is 2.59. The van der Waals surface area contributed by atoms with Crippen molar-refractivity contribution in [1.82, 2.24) is 0 Å². The first kappa shape index (κ1) is 18.4. The molecule has 0 aromatic heterocycles. The van der Waals surface area contributed by atoms with Gasteiger partial charge < -0.3 is 0 Å². The Morgan fingerprint density at radius 1 is 0.895 bits per heavy atom. The first-order valence-corrected chi connectivity index (χ1v) is 8.09. The van der Waals surface area contributed by atoms with Crippen LogP contribution in [0.5, 0.6) is 0 Å². The minimum Gasteiger partial charge on any atom is -0.295 e. The van der Waals surface area contributed by atoms with Gasteiger partial charge in [-0.05, 0) is 37.2 Å². The molecule has 0 aromatic rings. The van der Waals surface area contributed by atoms with E-state index in [9.17, 15) is 4.79 Å². The van der Waals surface area contributed by atoms with Crippen molar-refractivity contribution in [3.05, 3.63) is 12.2 Å². The first-order chi connectivity index (χ1) is 8.91. The van der Waals surface area contributed by atoms with Gasteiger partial charge in [-0.25, -0.2) is 0 Å². The van der Waals surface area contributed by atoms with Crippen molar-refractivity contribution >= 4 is 5.78 Å². The quantitative estimate of drug-likeness (QED) is 0.432. The molecule has 0 aliphatic carbocycles. The molecule has 2 atom stereocenters. The maximum Gasteiger partial charge on any atom is 0.152 e. The third-order valence-corrected chi connectivity index (χ3v) is 3.76. The maximum absolute atomic E-state index is 10.8. The Bertz CT molecular complexity index is 252. The number of hydrogen-bond donors (Lipinski definition) is 0. The van der Waals surface area contributed by atoms with Crippen LogP contribution in [0.4, 0.5) is 0 Å². The topological polar surface area (TPSA) is 17.1 Å². The summed E-state index contributed by atoms with van der Waals surface area (Å²) in [6.45, 7) is 10.9. The van der Waals surface area contributed by atoms with Crippen LogP contribution in [0.1, 0.15) is 79.6 Å². The van der Waals surface area contributed by atoms with Crippen LogP contribution < -0.4 is 0 Å². The summed E-state index contributed by atoms with van der Waals surface area (Å²) in [5, 5.41) is 0. The maximum atomic E-state index is 10.8. The van der Waals surface area contributed by atoms with Crippen molar-refractivity contribution in [2.24, 2.45) is 17.8 Å². The molecule has 112 valence electrons. The third-order valence-electron chi connectivity index (χ3n) is 3.76. The molecule has 0 rings (SSSR count). The fourth-order valence-electron chi connectivity index (χ4n) is 2.42. The molecule has 2 unspecified atom stereocenters. The highest BCUT2D eigenvalue weighted by atomic mass is 16.1. The molecule has 1 heteroatoms. The van der Waals surface area contributed by atoms with E-state index >= 15 is 0 Å². The van der Waals surface area contributed by atoms with E-state index in [1.807, 2.05) is 6.08 Å². The molecule has 0 aliphatic rings. The van der Waals surface area contributed by atoms with Crippen LogP contribution in [-0.4, -0.2) is 5.78 Å². The van der Waals surface area contributed by atoms with E-state index in [1.165, 1.54) is 38.5 Å². The predicted octanol–water partition coefficient (Wildman–Crippen LogP) is 5.79. The Balaban J connectivity index is 3.52. The zero-order valence-corrected chi connectivity index (χ0v) is 13.7. The SMILES string of the molecule is CC(=O)/C=C/CC(C)CCCC(C)CCCC(C)C. The zero-order chi connectivity index (χ0) is 14.7.